The predicted molar refractivity (Wildman–Crippen MR) is 55.1 cm³/mol. The number of hydrogen-bond acceptors (Lipinski definition) is 5. The van der Waals surface area contributed by atoms with Gasteiger partial charge < -0.3 is 0 Å². The molecule has 2 heterocycles. The number of hydrogen-bond donors (Lipinski definition) is 0. The molecule has 0 saturated heterocycles. The number of rotatable bonds is 3. The van der Waals surface area contributed by atoms with Gasteiger partial charge in [-0.25, -0.2) is 9.97 Å². The van der Waals surface area contributed by atoms with Gasteiger partial charge in [0.1, 0.15) is 17.1 Å². The van der Waals surface area contributed by atoms with E-state index in [1.807, 2.05) is 0 Å². The minimum Gasteiger partial charge on any atom is -0.296 e. The summed E-state index contributed by atoms with van der Waals surface area (Å²) < 4.78 is 0. The third-order valence-corrected chi connectivity index (χ3v) is 1.92. The Kier molecular flexibility index (Phi) is 2.77. The smallest absolute Gasteiger partial charge is 0.231 e. The maximum Gasteiger partial charge on any atom is 0.231 e. The monoisotopic (exact) mass is 213 g/mol. The van der Waals surface area contributed by atoms with Crippen LogP contribution in [0.2, 0.25) is 0 Å². The second kappa shape index (κ2) is 4.39. The van der Waals surface area contributed by atoms with E-state index in [0.29, 0.717) is 12.0 Å². The lowest BCUT2D eigenvalue weighted by atomic mass is 10.2. The first-order valence-electron chi connectivity index (χ1n) is 4.54. The van der Waals surface area contributed by atoms with E-state index >= 15 is 0 Å². The summed E-state index contributed by atoms with van der Waals surface area (Å²) in [5.74, 6) is -0.314. The zero-order valence-corrected chi connectivity index (χ0v) is 8.20. The van der Waals surface area contributed by atoms with Gasteiger partial charge in [0.25, 0.3) is 0 Å². The van der Waals surface area contributed by atoms with Crippen molar-refractivity contribution < 1.29 is 9.59 Å². The summed E-state index contributed by atoms with van der Waals surface area (Å²) in [5.41, 5.74) is 0.664. The molecule has 0 aliphatic carbocycles. The highest BCUT2D eigenvalue weighted by Crippen LogP contribution is 2.03. The lowest BCUT2D eigenvalue weighted by Gasteiger charge is -1.98. The average molecular weight is 213 g/mol. The summed E-state index contributed by atoms with van der Waals surface area (Å²) >= 11 is 0. The minimum absolute atomic E-state index is 0.171. The van der Waals surface area contributed by atoms with Crippen LogP contribution >= 0.6 is 0 Å². The number of pyridine rings is 1. The summed E-state index contributed by atoms with van der Waals surface area (Å²) in [5, 5.41) is 0. The molecular weight excluding hydrogens is 206 g/mol. The molecule has 0 fully saturated rings. The van der Waals surface area contributed by atoms with E-state index in [9.17, 15) is 9.59 Å². The van der Waals surface area contributed by atoms with Gasteiger partial charge in [-0.05, 0) is 12.1 Å². The molecule has 0 atom stereocenters. The van der Waals surface area contributed by atoms with E-state index in [4.69, 9.17) is 0 Å². The normalized spacial score (nSPS) is 9.75. The summed E-state index contributed by atoms with van der Waals surface area (Å²) in [6.07, 6.45) is 4.62. The molecule has 2 aromatic rings. The molecule has 0 bridgehead atoms. The highest BCUT2D eigenvalue weighted by Gasteiger charge is 2.11. The molecule has 2 aromatic heterocycles. The maximum atomic E-state index is 11.8. The third kappa shape index (κ3) is 1.98. The molecule has 0 aliphatic rings. The molecule has 0 spiro atoms. The van der Waals surface area contributed by atoms with Gasteiger partial charge in [0.15, 0.2) is 6.29 Å². The van der Waals surface area contributed by atoms with E-state index in [2.05, 4.69) is 15.0 Å². The second-order valence-electron chi connectivity index (χ2n) is 2.99. The molecule has 2 rings (SSSR count). The van der Waals surface area contributed by atoms with Gasteiger partial charge in [0, 0.05) is 6.20 Å². The lowest BCUT2D eigenvalue weighted by molar-refractivity contribution is 0.102. The Balaban J connectivity index is 2.31. The molecule has 5 nitrogen and oxygen atoms in total. The first kappa shape index (κ1) is 10.1. The van der Waals surface area contributed by atoms with Crippen LogP contribution in [0.15, 0.2) is 36.8 Å². The van der Waals surface area contributed by atoms with Crippen molar-refractivity contribution in [2.75, 3.05) is 0 Å². The molecule has 0 saturated carbocycles. The minimum atomic E-state index is -0.314. The molecule has 16 heavy (non-hydrogen) atoms. The molecular formula is C11H7N3O2. The van der Waals surface area contributed by atoms with Gasteiger partial charge in [-0.2, -0.15) is 0 Å². The van der Waals surface area contributed by atoms with Gasteiger partial charge in [-0.15, -0.1) is 0 Å². The zero-order chi connectivity index (χ0) is 11.4. The van der Waals surface area contributed by atoms with Crippen LogP contribution in [0.5, 0.6) is 0 Å². The molecule has 0 N–H and O–H groups in total. The molecule has 5 heteroatoms. The topological polar surface area (TPSA) is 72.8 Å². The summed E-state index contributed by atoms with van der Waals surface area (Å²) in [6.45, 7) is 0. The van der Waals surface area contributed by atoms with E-state index in [0.717, 1.165) is 0 Å². The highest BCUT2D eigenvalue weighted by atomic mass is 16.1. The molecule has 0 radical (unpaired) electrons. The number of nitrogens with zero attached hydrogens (tertiary/aromatic N) is 3. The fourth-order valence-electron chi connectivity index (χ4n) is 1.14. The van der Waals surface area contributed by atoms with Crippen molar-refractivity contribution in [3.63, 3.8) is 0 Å². The van der Waals surface area contributed by atoms with Gasteiger partial charge in [0.2, 0.25) is 5.78 Å². The predicted octanol–water partition coefficient (Wildman–Crippen LogP) is 0.915. The average Bonchev–Trinajstić information content (AvgIpc) is 2.39. The Bertz CT molecular complexity index is 509. The number of aromatic nitrogens is 3. The van der Waals surface area contributed by atoms with Crippen LogP contribution < -0.4 is 0 Å². The van der Waals surface area contributed by atoms with Crippen LogP contribution in [0.3, 0.4) is 0 Å². The molecule has 0 aliphatic heterocycles. The number of aldehydes is 1. The molecule has 0 unspecified atom stereocenters. The third-order valence-electron chi connectivity index (χ3n) is 1.92. The van der Waals surface area contributed by atoms with Gasteiger partial charge in [0.05, 0.1) is 12.4 Å². The Hall–Kier alpha value is -2.43. The van der Waals surface area contributed by atoms with Gasteiger partial charge in [-0.3, -0.25) is 14.6 Å². The number of carbonyl (C=O) groups excluding carboxylic acids is 2. The van der Waals surface area contributed by atoms with Gasteiger partial charge >= 0.3 is 0 Å². The van der Waals surface area contributed by atoms with Crippen LogP contribution in [-0.2, 0) is 0 Å². The Morgan fingerprint density at radius 1 is 1.06 bits per heavy atom. The van der Waals surface area contributed by atoms with Crippen molar-refractivity contribution in [1.29, 1.82) is 0 Å². The number of carbonyl (C=O) groups is 2. The summed E-state index contributed by atoms with van der Waals surface area (Å²) in [6, 6.07) is 5.03. The van der Waals surface area contributed by atoms with Gasteiger partial charge in [-0.1, -0.05) is 6.07 Å². The van der Waals surface area contributed by atoms with Crippen molar-refractivity contribution in [3.05, 3.63) is 53.9 Å². The van der Waals surface area contributed by atoms with E-state index < -0.39 is 0 Å². The van der Waals surface area contributed by atoms with E-state index in [-0.39, 0.29) is 17.2 Å². The van der Waals surface area contributed by atoms with E-state index in [1.54, 1.807) is 18.2 Å². The van der Waals surface area contributed by atoms with Crippen molar-refractivity contribution in [3.8, 4) is 0 Å². The Labute approximate surface area is 91.2 Å². The fraction of sp³-hybridized carbons (Fsp3) is 0. The zero-order valence-electron chi connectivity index (χ0n) is 8.20. The van der Waals surface area contributed by atoms with E-state index in [1.165, 1.54) is 18.6 Å². The fourth-order valence-corrected chi connectivity index (χ4v) is 1.14. The largest absolute Gasteiger partial charge is 0.296 e. The molecule has 0 aromatic carbocycles. The van der Waals surface area contributed by atoms with Crippen LogP contribution in [0.1, 0.15) is 26.7 Å². The van der Waals surface area contributed by atoms with Crippen molar-refractivity contribution in [2.24, 2.45) is 0 Å². The van der Waals surface area contributed by atoms with Crippen LogP contribution in [-0.4, -0.2) is 27.0 Å². The van der Waals surface area contributed by atoms with Crippen LogP contribution in [0, 0.1) is 0 Å². The number of ketones is 1. The standard InChI is InChI=1S/C11H7N3O2/c15-7-8-5-14-10(6-13-8)11(16)9-3-1-2-4-12-9/h1-7H. The maximum absolute atomic E-state index is 11.8. The quantitative estimate of drug-likeness (QED) is 0.559. The van der Waals surface area contributed by atoms with Crippen LogP contribution in [0.4, 0.5) is 0 Å². The first-order valence-corrected chi connectivity index (χ1v) is 4.54. The summed E-state index contributed by atoms with van der Waals surface area (Å²) in [7, 11) is 0. The molecule has 0 amide bonds. The second-order valence-corrected chi connectivity index (χ2v) is 2.99. The first-order chi connectivity index (χ1) is 7.81. The highest BCUT2D eigenvalue weighted by molar-refractivity contribution is 6.06. The van der Waals surface area contributed by atoms with Crippen molar-refractivity contribution in [2.45, 2.75) is 0 Å². The summed E-state index contributed by atoms with van der Waals surface area (Å²) in [4.78, 5) is 33.7. The van der Waals surface area contributed by atoms with Crippen LogP contribution in [0.25, 0.3) is 0 Å². The Morgan fingerprint density at radius 3 is 2.50 bits per heavy atom. The van der Waals surface area contributed by atoms with Crippen molar-refractivity contribution >= 4 is 12.1 Å². The SMILES string of the molecule is O=Cc1cnc(C(=O)c2ccccn2)cn1. The molecule has 78 valence electrons. The van der Waals surface area contributed by atoms with Crippen molar-refractivity contribution in [1.82, 2.24) is 15.0 Å². The Morgan fingerprint density at radius 2 is 1.94 bits per heavy atom. The lowest BCUT2D eigenvalue weighted by Crippen LogP contribution is -2.07.